The molecule has 7 nitrogen and oxygen atoms in total. The van der Waals surface area contributed by atoms with E-state index in [1.807, 2.05) is 6.07 Å². The van der Waals surface area contributed by atoms with Gasteiger partial charge in [-0.05, 0) is 44.5 Å². The van der Waals surface area contributed by atoms with Gasteiger partial charge in [0.05, 0.1) is 40.8 Å². The Morgan fingerprint density at radius 3 is 2.94 bits per heavy atom. The minimum atomic E-state index is -0.490. The van der Waals surface area contributed by atoms with Crippen LogP contribution in [0.1, 0.15) is 41.4 Å². The number of hydrogen-bond donors (Lipinski definition) is 4. The fourth-order valence-corrected chi connectivity index (χ4v) is 4.57. The minimum Gasteiger partial charge on any atom is -0.492 e. The Hall–Kier alpha value is -3.83. The van der Waals surface area contributed by atoms with Crippen LogP contribution >= 0.6 is 0 Å². The minimum absolute atomic E-state index is 0.0783. The largest absolute Gasteiger partial charge is 0.492 e. The average molecular weight is 460 g/mol. The van der Waals surface area contributed by atoms with Gasteiger partial charge >= 0.3 is 0 Å². The third-order valence-electron chi connectivity index (χ3n) is 6.33. The zero-order valence-electron chi connectivity index (χ0n) is 19.1. The number of para-hydroxylation sites is 1. The van der Waals surface area contributed by atoms with Gasteiger partial charge in [-0.25, -0.2) is 4.39 Å². The molecule has 0 aliphatic carbocycles. The summed E-state index contributed by atoms with van der Waals surface area (Å²) in [5, 5.41) is 9.62. The molecule has 1 saturated heterocycles. The lowest BCUT2D eigenvalue weighted by Gasteiger charge is -2.17. The van der Waals surface area contributed by atoms with E-state index in [1.165, 1.54) is 13.2 Å². The maximum Gasteiger partial charge on any atom is 0.255 e. The number of anilines is 2. The van der Waals surface area contributed by atoms with Crippen molar-refractivity contribution in [1.29, 1.82) is 0 Å². The van der Waals surface area contributed by atoms with Gasteiger partial charge in [0.15, 0.2) is 11.6 Å². The number of carbonyl (C=O) groups excluding carboxylic acids is 1. The van der Waals surface area contributed by atoms with Crippen molar-refractivity contribution in [1.82, 2.24) is 20.6 Å². The maximum atomic E-state index is 14.4. The molecule has 0 radical (unpaired) electrons. The van der Waals surface area contributed by atoms with Crippen molar-refractivity contribution in [3.63, 3.8) is 0 Å². The summed E-state index contributed by atoms with van der Waals surface area (Å²) in [6.45, 7) is 3.60. The summed E-state index contributed by atoms with van der Waals surface area (Å²) < 4.78 is 19.7. The highest BCUT2D eigenvalue weighted by Crippen LogP contribution is 2.40. The Bertz CT molecular complexity index is 1310. The molecule has 1 atom stereocenters. The summed E-state index contributed by atoms with van der Waals surface area (Å²) in [7, 11) is 1.41. The Kier molecular flexibility index (Phi) is 5.72. The fraction of sp³-hybridized carbons (Fsp3) is 0.308. The summed E-state index contributed by atoms with van der Waals surface area (Å²) in [5.74, 6) is 6.07. The fourth-order valence-electron chi connectivity index (χ4n) is 4.57. The average Bonchev–Trinajstić information content (AvgIpc) is 3.43. The highest BCUT2D eigenvalue weighted by molar-refractivity contribution is 6.06. The third kappa shape index (κ3) is 3.99. The van der Waals surface area contributed by atoms with Crippen molar-refractivity contribution >= 4 is 17.3 Å². The quantitative estimate of drug-likeness (QED) is 0.446. The molecule has 34 heavy (non-hydrogen) atoms. The van der Waals surface area contributed by atoms with Gasteiger partial charge in [-0.3, -0.25) is 9.78 Å². The van der Waals surface area contributed by atoms with Crippen LogP contribution in [0.25, 0.3) is 11.3 Å². The van der Waals surface area contributed by atoms with Crippen LogP contribution < -0.4 is 20.7 Å². The summed E-state index contributed by atoms with van der Waals surface area (Å²) in [6, 6.07) is 6.51. The van der Waals surface area contributed by atoms with Gasteiger partial charge in [-0.2, -0.15) is 0 Å². The van der Waals surface area contributed by atoms with Crippen LogP contribution in [-0.4, -0.2) is 41.6 Å². The molecule has 1 fully saturated rings. The van der Waals surface area contributed by atoms with Crippen LogP contribution in [0.2, 0.25) is 0 Å². The standard InChI is InChI=1S/C26H26FN5O2/c1-26(10-4-12-30-26)11-7-16-15-28-13-8-17(16)22-23(21-19(31-22)9-14-29-25(21)33)32-20-6-3-5-18(27)24(20)34-2/h3,5-6,8,13,15,30-32H,4,9-10,12,14H2,1-2H3,(H,29,33)/t26-/m0/s1. The lowest BCUT2D eigenvalue weighted by Crippen LogP contribution is -2.34. The van der Waals surface area contributed by atoms with Crippen LogP contribution in [-0.2, 0) is 6.42 Å². The molecule has 2 aliphatic rings. The molecule has 0 bridgehead atoms. The molecule has 0 spiro atoms. The molecule has 2 aliphatic heterocycles. The number of nitrogens with zero attached hydrogens (tertiary/aromatic N) is 1. The second-order valence-electron chi connectivity index (χ2n) is 8.71. The number of rotatable bonds is 4. The van der Waals surface area contributed by atoms with Crippen LogP contribution in [0.4, 0.5) is 15.8 Å². The molecular weight excluding hydrogens is 433 g/mol. The normalized spacial score (nSPS) is 19.1. The van der Waals surface area contributed by atoms with E-state index >= 15 is 0 Å². The highest BCUT2D eigenvalue weighted by atomic mass is 19.1. The number of H-pyrrole nitrogens is 1. The van der Waals surface area contributed by atoms with Gasteiger partial charge in [0.2, 0.25) is 0 Å². The van der Waals surface area contributed by atoms with Crippen molar-refractivity contribution in [3.8, 4) is 28.8 Å². The number of amides is 1. The smallest absolute Gasteiger partial charge is 0.255 e. The molecule has 2 aromatic heterocycles. The molecule has 8 heteroatoms. The van der Waals surface area contributed by atoms with Crippen LogP contribution in [0, 0.1) is 17.7 Å². The van der Waals surface area contributed by atoms with E-state index in [0.717, 1.165) is 36.2 Å². The summed E-state index contributed by atoms with van der Waals surface area (Å²) in [6.07, 6.45) is 6.16. The zero-order valence-corrected chi connectivity index (χ0v) is 19.1. The molecule has 4 N–H and O–H groups in total. The third-order valence-corrected chi connectivity index (χ3v) is 6.33. The number of benzene rings is 1. The predicted octanol–water partition coefficient (Wildman–Crippen LogP) is 3.75. The van der Waals surface area contributed by atoms with Gasteiger partial charge in [-0.15, -0.1) is 0 Å². The second kappa shape index (κ2) is 8.84. The van der Waals surface area contributed by atoms with Crippen LogP contribution in [0.15, 0.2) is 36.7 Å². The molecular formula is C26H26FN5O2. The number of aromatic amines is 1. The summed E-state index contributed by atoms with van der Waals surface area (Å²) in [5.41, 5.74) is 4.31. The van der Waals surface area contributed by atoms with Crippen LogP contribution in [0.3, 0.4) is 0 Å². The Morgan fingerprint density at radius 2 is 2.15 bits per heavy atom. The number of halogens is 1. The van der Waals surface area contributed by atoms with E-state index in [0.29, 0.717) is 35.6 Å². The van der Waals surface area contributed by atoms with Gasteiger partial charge < -0.3 is 25.7 Å². The molecule has 5 rings (SSSR count). The lowest BCUT2D eigenvalue weighted by atomic mass is 9.99. The van der Waals surface area contributed by atoms with Crippen molar-refractivity contribution in [2.45, 2.75) is 31.7 Å². The van der Waals surface area contributed by atoms with Gasteiger partial charge in [0.25, 0.3) is 5.91 Å². The van der Waals surface area contributed by atoms with Gasteiger partial charge in [-0.1, -0.05) is 17.9 Å². The first-order valence-electron chi connectivity index (χ1n) is 11.3. The van der Waals surface area contributed by atoms with Crippen molar-refractivity contribution < 1.29 is 13.9 Å². The van der Waals surface area contributed by atoms with Crippen molar-refractivity contribution in [3.05, 3.63) is 59.3 Å². The van der Waals surface area contributed by atoms with E-state index in [4.69, 9.17) is 4.74 Å². The first kappa shape index (κ1) is 22.0. The summed E-state index contributed by atoms with van der Waals surface area (Å²) in [4.78, 5) is 20.6. The Labute approximate surface area is 197 Å². The zero-order chi connectivity index (χ0) is 23.7. The Morgan fingerprint density at radius 1 is 1.26 bits per heavy atom. The number of fused-ring (bicyclic) bond motifs is 1. The molecule has 1 aromatic carbocycles. The first-order valence-corrected chi connectivity index (χ1v) is 11.3. The van der Waals surface area contributed by atoms with Gasteiger partial charge in [0.1, 0.15) is 0 Å². The van der Waals surface area contributed by atoms with E-state index in [2.05, 4.69) is 44.7 Å². The second-order valence-corrected chi connectivity index (χ2v) is 8.71. The highest BCUT2D eigenvalue weighted by Gasteiger charge is 2.29. The van der Waals surface area contributed by atoms with Crippen LogP contribution in [0.5, 0.6) is 5.75 Å². The lowest BCUT2D eigenvalue weighted by molar-refractivity contribution is 0.0947. The first-order chi connectivity index (χ1) is 16.5. The molecule has 4 heterocycles. The number of carbonyl (C=O) groups is 1. The number of methoxy groups -OCH3 is 1. The Balaban J connectivity index is 1.65. The molecule has 174 valence electrons. The number of pyridine rings is 1. The number of hydrogen-bond acceptors (Lipinski definition) is 5. The monoisotopic (exact) mass is 459 g/mol. The van der Waals surface area contributed by atoms with E-state index in [9.17, 15) is 9.18 Å². The van der Waals surface area contributed by atoms with Gasteiger partial charge in [0, 0.05) is 36.6 Å². The maximum absolute atomic E-state index is 14.4. The SMILES string of the molecule is COc1c(F)cccc1Nc1c(-c2ccncc2C#C[C@]2(C)CCCN2)[nH]c2c1C(=O)NCC2. The van der Waals surface area contributed by atoms with Crippen molar-refractivity contribution in [2.75, 3.05) is 25.5 Å². The van der Waals surface area contributed by atoms with E-state index < -0.39 is 5.82 Å². The molecule has 0 unspecified atom stereocenters. The molecule has 1 amide bonds. The number of nitrogens with one attached hydrogen (secondary N) is 4. The number of ether oxygens (including phenoxy) is 1. The number of aromatic nitrogens is 2. The summed E-state index contributed by atoms with van der Waals surface area (Å²) >= 11 is 0. The predicted molar refractivity (Wildman–Crippen MR) is 129 cm³/mol. The molecule has 0 saturated carbocycles. The van der Waals surface area contributed by atoms with Crippen molar-refractivity contribution in [2.24, 2.45) is 0 Å². The van der Waals surface area contributed by atoms with E-state index in [-0.39, 0.29) is 17.2 Å². The van der Waals surface area contributed by atoms with E-state index in [1.54, 1.807) is 24.5 Å². The molecule has 3 aromatic rings. The topological polar surface area (TPSA) is 91.1 Å².